The number of aliphatic carboxylic acids is 1. The van der Waals surface area contributed by atoms with Gasteiger partial charge in [-0.1, -0.05) is 12.1 Å². The molecule has 0 saturated carbocycles. The summed E-state index contributed by atoms with van der Waals surface area (Å²) in [6.45, 7) is 1.48. The van der Waals surface area contributed by atoms with E-state index in [9.17, 15) is 9.59 Å². The lowest BCUT2D eigenvalue weighted by Crippen LogP contribution is -2.41. The minimum Gasteiger partial charge on any atom is -0.480 e. The normalized spacial score (nSPS) is 12.3. The van der Waals surface area contributed by atoms with Crippen LogP contribution >= 0.6 is 0 Å². The highest BCUT2D eigenvalue weighted by Crippen LogP contribution is 2.14. The monoisotopic (exact) mass is 261 g/mol. The summed E-state index contributed by atoms with van der Waals surface area (Å²) in [7, 11) is 1.50. The Balaban J connectivity index is 2.11. The first-order valence-corrected chi connectivity index (χ1v) is 5.89. The Morgan fingerprint density at radius 3 is 2.89 bits per heavy atom. The summed E-state index contributed by atoms with van der Waals surface area (Å²) in [6, 6.07) is 4.74. The van der Waals surface area contributed by atoms with Gasteiger partial charge in [-0.15, -0.1) is 0 Å². The number of nitrogens with zero attached hydrogens (tertiary/aromatic N) is 2. The number of hydrogen-bond acceptors (Lipinski definition) is 3. The van der Waals surface area contributed by atoms with Crippen molar-refractivity contribution in [2.75, 3.05) is 7.05 Å². The highest BCUT2D eigenvalue weighted by Gasteiger charge is 2.21. The fraction of sp³-hybridized carbons (Fsp3) is 0.308. The number of likely N-dealkylation sites (N-methyl/N-ethyl adjacent to an activating group) is 1. The van der Waals surface area contributed by atoms with Gasteiger partial charge in [0.2, 0.25) is 5.91 Å². The second kappa shape index (κ2) is 5.09. The molecule has 2 N–H and O–H groups in total. The maximum Gasteiger partial charge on any atom is 0.326 e. The summed E-state index contributed by atoms with van der Waals surface area (Å²) >= 11 is 0. The molecule has 0 bridgehead atoms. The van der Waals surface area contributed by atoms with Gasteiger partial charge in [0.15, 0.2) is 0 Å². The molecule has 0 aliphatic heterocycles. The van der Waals surface area contributed by atoms with Crippen LogP contribution < -0.4 is 0 Å². The summed E-state index contributed by atoms with van der Waals surface area (Å²) in [6.07, 6.45) is 1.88. The Morgan fingerprint density at radius 1 is 1.47 bits per heavy atom. The van der Waals surface area contributed by atoms with E-state index in [4.69, 9.17) is 5.11 Å². The van der Waals surface area contributed by atoms with Crippen molar-refractivity contribution < 1.29 is 14.7 Å². The number of aromatic nitrogens is 2. The van der Waals surface area contributed by atoms with Gasteiger partial charge in [0.1, 0.15) is 6.04 Å². The van der Waals surface area contributed by atoms with Crippen molar-refractivity contribution in [3.8, 4) is 0 Å². The van der Waals surface area contributed by atoms with Gasteiger partial charge in [0, 0.05) is 12.4 Å². The van der Waals surface area contributed by atoms with Crippen LogP contribution in [0, 0.1) is 0 Å². The van der Waals surface area contributed by atoms with Gasteiger partial charge in [0.05, 0.1) is 18.1 Å². The zero-order valence-electron chi connectivity index (χ0n) is 10.8. The van der Waals surface area contributed by atoms with E-state index >= 15 is 0 Å². The SMILES string of the molecule is CC(C(=O)O)N(C)C(=O)Cc1ccc2cn[nH]c2c1. The summed E-state index contributed by atoms with van der Waals surface area (Å²) in [4.78, 5) is 24.0. The number of aromatic amines is 1. The molecule has 6 nitrogen and oxygen atoms in total. The molecule has 1 unspecified atom stereocenters. The van der Waals surface area contributed by atoms with Crippen LogP contribution in [0.3, 0.4) is 0 Å². The molecule has 2 aromatic rings. The van der Waals surface area contributed by atoms with E-state index in [2.05, 4.69) is 10.2 Å². The van der Waals surface area contributed by atoms with E-state index in [0.717, 1.165) is 16.5 Å². The van der Waals surface area contributed by atoms with Crippen LogP contribution in [0.1, 0.15) is 12.5 Å². The number of fused-ring (bicyclic) bond motifs is 1. The third-order valence-electron chi connectivity index (χ3n) is 3.19. The number of carboxylic acids is 1. The fourth-order valence-electron chi connectivity index (χ4n) is 1.78. The van der Waals surface area contributed by atoms with Crippen LogP contribution in [0.4, 0.5) is 0 Å². The van der Waals surface area contributed by atoms with Crippen LogP contribution in [-0.2, 0) is 16.0 Å². The molecule has 1 atom stereocenters. The van der Waals surface area contributed by atoms with Crippen molar-refractivity contribution >= 4 is 22.8 Å². The highest BCUT2D eigenvalue weighted by molar-refractivity contribution is 5.86. The fourth-order valence-corrected chi connectivity index (χ4v) is 1.78. The molecule has 1 aromatic carbocycles. The van der Waals surface area contributed by atoms with Gasteiger partial charge >= 0.3 is 5.97 Å². The Kier molecular flexibility index (Phi) is 3.50. The van der Waals surface area contributed by atoms with Crippen molar-refractivity contribution in [2.45, 2.75) is 19.4 Å². The minimum atomic E-state index is -1.01. The first-order valence-electron chi connectivity index (χ1n) is 5.89. The molecule has 0 fully saturated rings. The van der Waals surface area contributed by atoms with Crippen molar-refractivity contribution in [2.24, 2.45) is 0 Å². The number of hydrogen-bond donors (Lipinski definition) is 2. The number of carbonyl (C=O) groups excluding carboxylic acids is 1. The van der Waals surface area contributed by atoms with Crippen molar-refractivity contribution in [3.63, 3.8) is 0 Å². The first kappa shape index (κ1) is 13.1. The molecule has 1 heterocycles. The van der Waals surface area contributed by atoms with Crippen LogP contribution in [0.2, 0.25) is 0 Å². The Labute approximate surface area is 110 Å². The number of rotatable bonds is 4. The lowest BCUT2D eigenvalue weighted by Gasteiger charge is -2.21. The number of H-pyrrole nitrogens is 1. The highest BCUT2D eigenvalue weighted by atomic mass is 16.4. The molecule has 1 amide bonds. The van der Waals surface area contributed by atoms with Crippen LogP contribution in [0.15, 0.2) is 24.4 Å². The zero-order valence-corrected chi connectivity index (χ0v) is 10.8. The van der Waals surface area contributed by atoms with E-state index in [0.29, 0.717) is 0 Å². The number of benzene rings is 1. The molecule has 1 aromatic heterocycles. The van der Waals surface area contributed by atoms with Crippen molar-refractivity contribution in [1.82, 2.24) is 15.1 Å². The summed E-state index contributed by atoms with van der Waals surface area (Å²) < 4.78 is 0. The lowest BCUT2D eigenvalue weighted by molar-refractivity contribution is -0.147. The average molecular weight is 261 g/mol. The molecule has 0 aliphatic carbocycles. The number of carboxylic acid groups (broad SMARTS) is 1. The Hall–Kier alpha value is -2.37. The molecule has 0 spiro atoms. The maximum atomic E-state index is 12.0. The van der Waals surface area contributed by atoms with Gasteiger partial charge in [0.25, 0.3) is 0 Å². The second-order valence-electron chi connectivity index (χ2n) is 4.49. The molecule has 2 rings (SSSR count). The Bertz CT molecular complexity index is 620. The van der Waals surface area contributed by atoms with E-state index < -0.39 is 12.0 Å². The third-order valence-corrected chi connectivity index (χ3v) is 3.19. The maximum absolute atomic E-state index is 12.0. The predicted octanol–water partition coefficient (Wildman–Crippen LogP) is 1.04. The summed E-state index contributed by atoms with van der Waals surface area (Å²) in [5.74, 6) is -1.24. The molecule has 6 heteroatoms. The van der Waals surface area contributed by atoms with Gasteiger partial charge in [-0.05, 0) is 18.6 Å². The second-order valence-corrected chi connectivity index (χ2v) is 4.49. The van der Waals surface area contributed by atoms with Crippen LogP contribution in [0.25, 0.3) is 10.9 Å². The summed E-state index contributed by atoms with van der Waals surface area (Å²) in [5.41, 5.74) is 1.69. The number of amides is 1. The van der Waals surface area contributed by atoms with Gasteiger partial charge in [-0.3, -0.25) is 9.89 Å². The molecule has 19 heavy (non-hydrogen) atoms. The van der Waals surface area contributed by atoms with E-state index in [1.165, 1.54) is 18.9 Å². The molecule has 0 aliphatic rings. The third kappa shape index (κ3) is 2.73. The lowest BCUT2D eigenvalue weighted by atomic mass is 10.1. The van der Waals surface area contributed by atoms with Crippen molar-refractivity contribution in [3.05, 3.63) is 30.0 Å². The van der Waals surface area contributed by atoms with Gasteiger partial charge in [-0.25, -0.2) is 4.79 Å². The molecule has 0 radical (unpaired) electrons. The van der Waals surface area contributed by atoms with Gasteiger partial charge < -0.3 is 10.0 Å². The number of nitrogens with one attached hydrogen (secondary N) is 1. The Morgan fingerprint density at radius 2 is 2.21 bits per heavy atom. The van der Waals surface area contributed by atoms with E-state index in [1.54, 1.807) is 6.20 Å². The molecule has 0 saturated heterocycles. The predicted molar refractivity (Wildman–Crippen MR) is 69.7 cm³/mol. The average Bonchev–Trinajstić information content (AvgIpc) is 2.84. The van der Waals surface area contributed by atoms with Crippen LogP contribution in [0.5, 0.6) is 0 Å². The summed E-state index contributed by atoms with van der Waals surface area (Å²) in [5, 5.41) is 16.6. The molecule has 100 valence electrons. The smallest absolute Gasteiger partial charge is 0.326 e. The van der Waals surface area contributed by atoms with Crippen LogP contribution in [-0.4, -0.2) is 45.2 Å². The number of carbonyl (C=O) groups is 2. The molecular formula is C13H15N3O3. The van der Waals surface area contributed by atoms with E-state index in [-0.39, 0.29) is 12.3 Å². The zero-order chi connectivity index (χ0) is 14.0. The first-order chi connectivity index (χ1) is 8.99. The largest absolute Gasteiger partial charge is 0.480 e. The topological polar surface area (TPSA) is 86.3 Å². The quantitative estimate of drug-likeness (QED) is 0.860. The van der Waals surface area contributed by atoms with Crippen molar-refractivity contribution in [1.29, 1.82) is 0 Å². The molecular weight excluding hydrogens is 246 g/mol. The minimum absolute atomic E-state index is 0.170. The standard InChI is InChI=1S/C13H15N3O3/c1-8(13(18)19)16(2)12(17)6-9-3-4-10-7-14-15-11(10)5-9/h3-5,7-8H,6H2,1-2H3,(H,14,15)(H,18,19). The van der Waals surface area contributed by atoms with Gasteiger partial charge in [-0.2, -0.15) is 5.10 Å². The van der Waals surface area contributed by atoms with E-state index in [1.807, 2.05) is 18.2 Å².